The average molecular weight is 319 g/mol. The van der Waals surface area contributed by atoms with Gasteiger partial charge in [0.05, 0.1) is 0 Å². The highest BCUT2D eigenvalue weighted by Crippen LogP contribution is 2.03. The van der Waals surface area contributed by atoms with Gasteiger partial charge in [-0.15, -0.1) is 0 Å². The van der Waals surface area contributed by atoms with E-state index in [9.17, 15) is 0 Å². The van der Waals surface area contributed by atoms with Crippen LogP contribution in [0.3, 0.4) is 0 Å². The summed E-state index contributed by atoms with van der Waals surface area (Å²) in [6.45, 7) is 17.9. The van der Waals surface area contributed by atoms with Crippen LogP contribution in [0.5, 0.6) is 0 Å². The Kier molecular flexibility index (Phi) is 23.9. The third-order valence-corrected chi connectivity index (χ3v) is 3.44. The molecule has 0 heteroatoms. The van der Waals surface area contributed by atoms with E-state index < -0.39 is 0 Å². The lowest BCUT2D eigenvalue weighted by molar-refractivity contribution is 0.624. The molecular formula is C23H42. The standard InChI is InChI=1S/C8H10.C8H18.C6H10.CH4/c1-2-8-6-4-3-5-7-8;1-3-5-7-8-6-4-2;1-5(2)6(3)4;/h3-7H,2H2,1H3;3-8H2,1-2H3;1,3H2,2,4H3;1H4. The molecule has 0 aliphatic rings. The number of aryl methyl sites for hydroxylation is 1. The molecule has 23 heavy (non-hydrogen) atoms. The van der Waals surface area contributed by atoms with Crippen LogP contribution in [0.25, 0.3) is 0 Å². The molecule has 0 atom stereocenters. The zero-order chi connectivity index (χ0) is 17.2. The largest absolute Gasteiger partial charge is 0.0959 e. The van der Waals surface area contributed by atoms with Gasteiger partial charge in [-0.3, -0.25) is 0 Å². The summed E-state index contributed by atoms with van der Waals surface area (Å²) in [6.07, 6.45) is 9.63. The Balaban J connectivity index is -0.000000259. The first-order valence-corrected chi connectivity index (χ1v) is 8.84. The van der Waals surface area contributed by atoms with E-state index in [1.54, 1.807) is 0 Å². The molecule has 0 aliphatic carbocycles. The summed E-state index contributed by atoms with van der Waals surface area (Å²) < 4.78 is 0. The Hall–Kier alpha value is -1.30. The Morgan fingerprint density at radius 1 is 0.739 bits per heavy atom. The van der Waals surface area contributed by atoms with Gasteiger partial charge in [-0.05, 0) is 25.8 Å². The number of hydrogen-bond donors (Lipinski definition) is 0. The summed E-state index contributed by atoms with van der Waals surface area (Å²) in [5.74, 6) is 0. The van der Waals surface area contributed by atoms with Crippen molar-refractivity contribution in [1.29, 1.82) is 0 Å². The molecule has 0 radical (unpaired) electrons. The normalized spacial score (nSPS) is 8.57. The molecule has 0 unspecified atom stereocenters. The fourth-order valence-electron chi connectivity index (χ4n) is 1.57. The fraction of sp³-hybridized carbons (Fsp3) is 0.565. The molecule has 0 aliphatic heterocycles. The van der Waals surface area contributed by atoms with E-state index in [1.807, 2.05) is 19.9 Å². The van der Waals surface area contributed by atoms with Gasteiger partial charge >= 0.3 is 0 Å². The minimum atomic E-state index is 0. The van der Waals surface area contributed by atoms with Crippen molar-refractivity contribution in [3.05, 3.63) is 60.2 Å². The lowest BCUT2D eigenvalue weighted by atomic mass is 10.1. The van der Waals surface area contributed by atoms with Crippen molar-refractivity contribution in [2.75, 3.05) is 0 Å². The van der Waals surface area contributed by atoms with Crippen LogP contribution < -0.4 is 0 Å². The Labute approximate surface area is 147 Å². The van der Waals surface area contributed by atoms with Crippen LogP contribution in [0.2, 0.25) is 0 Å². The van der Waals surface area contributed by atoms with Crippen LogP contribution in [-0.4, -0.2) is 0 Å². The third kappa shape index (κ3) is 23.1. The SMILES string of the molecule is C.C=C(C)C(=C)C.CCCCCCCC.CCc1ccccc1. The van der Waals surface area contributed by atoms with Gasteiger partial charge in [0.15, 0.2) is 0 Å². The quantitative estimate of drug-likeness (QED) is 0.350. The van der Waals surface area contributed by atoms with Crippen molar-refractivity contribution >= 4 is 0 Å². The number of allylic oxidation sites excluding steroid dienone is 2. The lowest BCUT2D eigenvalue weighted by Crippen LogP contribution is -1.73. The van der Waals surface area contributed by atoms with Gasteiger partial charge in [0.2, 0.25) is 0 Å². The molecule has 0 nitrogen and oxygen atoms in total. The van der Waals surface area contributed by atoms with Gasteiger partial charge in [-0.1, -0.05) is 121 Å². The number of unbranched alkanes of at least 4 members (excludes halogenated alkanes) is 5. The Bertz CT molecular complexity index is 341. The highest BCUT2D eigenvalue weighted by Gasteiger charge is 1.83. The van der Waals surface area contributed by atoms with Crippen molar-refractivity contribution in [2.45, 2.75) is 87.0 Å². The summed E-state index contributed by atoms with van der Waals surface area (Å²) >= 11 is 0. The molecule has 1 aromatic rings. The van der Waals surface area contributed by atoms with Crippen molar-refractivity contribution in [2.24, 2.45) is 0 Å². The molecule has 0 saturated heterocycles. The van der Waals surface area contributed by atoms with E-state index in [2.05, 4.69) is 58.2 Å². The maximum atomic E-state index is 3.66. The predicted octanol–water partition coefficient (Wildman–Crippen LogP) is 8.39. The van der Waals surface area contributed by atoms with E-state index in [1.165, 1.54) is 44.1 Å². The van der Waals surface area contributed by atoms with E-state index >= 15 is 0 Å². The molecule has 0 fully saturated rings. The molecule has 0 amide bonds. The van der Waals surface area contributed by atoms with E-state index in [0.717, 1.165) is 17.6 Å². The van der Waals surface area contributed by atoms with Gasteiger partial charge in [-0.25, -0.2) is 0 Å². The maximum absolute atomic E-state index is 3.66. The van der Waals surface area contributed by atoms with Crippen LogP contribution in [0.4, 0.5) is 0 Å². The smallest absolute Gasteiger partial charge is 0.0307 e. The molecule has 134 valence electrons. The summed E-state index contributed by atoms with van der Waals surface area (Å²) in [7, 11) is 0. The zero-order valence-electron chi connectivity index (χ0n) is 15.8. The minimum absolute atomic E-state index is 0. The van der Waals surface area contributed by atoms with Gasteiger partial charge in [0.25, 0.3) is 0 Å². The first kappa shape index (κ1) is 26.6. The fourth-order valence-corrected chi connectivity index (χ4v) is 1.57. The van der Waals surface area contributed by atoms with Crippen LogP contribution in [0.1, 0.15) is 86.1 Å². The van der Waals surface area contributed by atoms with Crippen LogP contribution in [-0.2, 0) is 6.42 Å². The highest BCUT2D eigenvalue weighted by atomic mass is 13.9. The van der Waals surface area contributed by atoms with Gasteiger partial charge in [0, 0.05) is 0 Å². The topological polar surface area (TPSA) is 0 Å². The second kappa shape index (κ2) is 20.7. The first-order valence-electron chi connectivity index (χ1n) is 8.84. The monoisotopic (exact) mass is 318 g/mol. The van der Waals surface area contributed by atoms with Gasteiger partial charge < -0.3 is 0 Å². The predicted molar refractivity (Wildman–Crippen MR) is 111 cm³/mol. The van der Waals surface area contributed by atoms with Crippen LogP contribution >= 0.6 is 0 Å². The molecular weight excluding hydrogens is 276 g/mol. The molecule has 0 N–H and O–H groups in total. The number of benzene rings is 1. The molecule has 1 aromatic carbocycles. The van der Waals surface area contributed by atoms with E-state index in [4.69, 9.17) is 0 Å². The van der Waals surface area contributed by atoms with E-state index in [-0.39, 0.29) is 7.43 Å². The average Bonchev–Trinajstić information content (AvgIpc) is 2.53. The van der Waals surface area contributed by atoms with Gasteiger partial charge in [0.1, 0.15) is 0 Å². The summed E-state index contributed by atoms with van der Waals surface area (Å²) in [5, 5.41) is 0. The van der Waals surface area contributed by atoms with Gasteiger partial charge in [-0.2, -0.15) is 0 Å². The second-order valence-corrected chi connectivity index (χ2v) is 5.81. The van der Waals surface area contributed by atoms with Crippen molar-refractivity contribution < 1.29 is 0 Å². The number of hydrogen-bond acceptors (Lipinski definition) is 0. The first-order chi connectivity index (χ1) is 10.5. The van der Waals surface area contributed by atoms with Crippen molar-refractivity contribution in [3.63, 3.8) is 0 Å². The Morgan fingerprint density at radius 3 is 1.35 bits per heavy atom. The lowest BCUT2D eigenvalue weighted by Gasteiger charge is -1.93. The molecule has 0 heterocycles. The van der Waals surface area contributed by atoms with E-state index in [0.29, 0.717) is 0 Å². The van der Waals surface area contributed by atoms with Crippen molar-refractivity contribution in [1.82, 2.24) is 0 Å². The van der Waals surface area contributed by atoms with Crippen LogP contribution in [0, 0.1) is 0 Å². The molecule has 0 spiro atoms. The highest BCUT2D eigenvalue weighted by molar-refractivity contribution is 5.19. The second-order valence-electron chi connectivity index (χ2n) is 5.81. The maximum Gasteiger partial charge on any atom is -0.0307 e. The summed E-state index contributed by atoms with van der Waals surface area (Å²) in [6, 6.07) is 10.5. The molecule has 0 bridgehead atoms. The molecule has 0 aromatic heterocycles. The Morgan fingerprint density at radius 2 is 1.13 bits per heavy atom. The van der Waals surface area contributed by atoms with Crippen LogP contribution in [0.15, 0.2) is 54.6 Å². The number of rotatable bonds is 7. The summed E-state index contributed by atoms with van der Waals surface area (Å²) in [4.78, 5) is 0. The zero-order valence-corrected chi connectivity index (χ0v) is 15.8. The summed E-state index contributed by atoms with van der Waals surface area (Å²) in [5.41, 5.74) is 3.54. The molecule has 1 rings (SSSR count). The third-order valence-electron chi connectivity index (χ3n) is 3.44. The molecule has 0 saturated carbocycles. The minimum Gasteiger partial charge on any atom is -0.0959 e. The van der Waals surface area contributed by atoms with Crippen molar-refractivity contribution in [3.8, 4) is 0 Å².